The molecule has 2 N–H and O–H groups in total. The van der Waals surface area contributed by atoms with Crippen molar-refractivity contribution in [3.63, 3.8) is 0 Å². The van der Waals surface area contributed by atoms with Crippen LogP contribution in [0.3, 0.4) is 0 Å². The van der Waals surface area contributed by atoms with Crippen LogP contribution in [0.1, 0.15) is 0 Å². The van der Waals surface area contributed by atoms with E-state index < -0.39 is 0 Å². The molecule has 0 fully saturated rings. The molecule has 2 aromatic rings. The normalized spacial score (nSPS) is 10.4. The van der Waals surface area contributed by atoms with E-state index in [4.69, 9.17) is 21.9 Å². The minimum atomic E-state index is 0.387. The molecule has 0 bridgehead atoms. The van der Waals surface area contributed by atoms with E-state index in [1.807, 2.05) is 14.1 Å². The number of anilines is 2. The zero-order valence-corrected chi connectivity index (χ0v) is 9.69. The van der Waals surface area contributed by atoms with E-state index in [0.717, 1.165) is 0 Å². The lowest BCUT2D eigenvalue weighted by Crippen LogP contribution is -2.10. The van der Waals surface area contributed by atoms with Gasteiger partial charge < -0.3 is 15.2 Å². The van der Waals surface area contributed by atoms with Crippen LogP contribution in [0.5, 0.6) is 0 Å². The molecule has 1 aromatic carbocycles. The third-order valence-corrected chi connectivity index (χ3v) is 2.29. The minimum Gasteiger partial charge on any atom is -0.398 e. The predicted molar refractivity (Wildman–Crippen MR) is 63.5 cm³/mol. The van der Waals surface area contributed by atoms with Crippen molar-refractivity contribution in [2.24, 2.45) is 0 Å². The highest BCUT2D eigenvalue weighted by molar-refractivity contribution is 6.31. The lowest BCUT2D eigenvalue weighted by atomic mass is 10.2. The second-order valence-corrected chi connectivity index (χ2v) is 3.96. The molecular weight excluding hydrogens is 228 g/mol. The number of hydrogen-bond acceptors (Lipinski definition) is 5. The van der Waals surface area contributed by atoms with Crippen LogP contribution in [0, 0.1) is 0 Å². The number of hydrogen-bond donors (Lipinski definition) is 1. The van der Waals surface area contributed by atoms with Crippen LogP contribution < -0.4 is 10.6 Å². The molecule has 0 saturated carbocycles. The second kappa shape index (κ2) is 4.02. The first kappa shape index (κ1) is 10.8. The molecule has 1 aromatic heterocycles. The first-order chi connectivity index (χ1) is 7.58. The van der Waals surface area contributed by atoms with Gasteiger partial charge in [-0.1, -0.05) is 11.6 Å². The number of benzene rings is 1. The Labute approximate surface area is 97.8 Å². The Morgan fingerprint density at radius 2 is 2.12 bits per heavy atom. The molecule has 6 heteroatoms. The number of nitrogen functional groups attached to an aromatic ring is 1. The summed E-state index contributed by atoms with van der Waals surface area (Å²) >= 11 is 5.81. The van der Waals surface area contributed by atoms with E-state index in [1.165, 1.54) is 0 Å². The van der Waals surface area contributed by atoms with Crippen LogP contribution in [0.15, 0.2) is 22.7 Å². The molecule has 0 spiro atoms. The molecule has 0 unspecified atom stereocenters. The first-order valence-electron chi connectivity index (χ1n) is 4.64. The van der Waals surface area contributed by atoms with Crippen LogP contribution in [0.25, 0.3) is 11.5 Å². The Morgan fingerprint density at radius 1 is 1.38 bits per heavy atom. The highest BCUT2D eigenvalue weighted by Crippen LogP contribution is 2.27. The molecule has 84 valence electrons. The van der Waals surface area contributed by atoms with Crippen molar-refractivity contribution in [2.45, 2.75) is 0 Å². The third-order valence-electron chi connectivity index (χ3n) is 2.06. The van der Waals surface area contributed by atoms with E-state index in [1.54, 1.807) is 23.1 Å². The van der Waals surface area contributed by atoms with Crippen molar-refractivity contribution in [2.75, 3.05) is 24.7 Å². The lowest BCUT2D eigenvalue weighted by molar-refractivity contribution is 0.431. The quantitative estimate of drug-likeness (QED) is 0.811. The van der Waals surface area contributed by atoms with Crippen LogP contribution in [-0.4, -0.2) is 24.2 Å². The highest BCUT2D eigenvalue weighted by Gasteiger charge is 2.12. The predicted octanol–water partition coefficient (Wildman–Crippen LogP) is 2.04. The van der Waals surface area contributed by atoms with Crippen molar-refractivity contribution in [1.82, 2.24) is 10.1 Å². The zero-order chi connectivity index (χ0) is 11.7. The minimum absolute atomic E-state index is 0.387. The lowest BCUT2D eigenvalue weighted by Gasteiger charge is -2.03. The maximum atomic E-state index is 5.81. The van der Waals surface area contributed by atoms with Gasteiger partial charge in [0.15, 0.2) is 0 Å². The summed E-state index contributed by atoms with van der Waals surface area (Å²) in [5, 5.41) is 4.38. The maximum absolute atomic E-state index is 5.81. The van der Waals surface area contributed by atoms with Crippen molar-refractivity contribution in [3.8, 4) is 11.5 Å². The molecule has 0 atom stereocenters. The molecule has 0 aliphatic rings. The topological polar surface area (TPSA) is 68.2 Å². The molecule has 16 heavy (non-hydrogen) atoms. The fourth-order valence-corrected chi connectivity index (χ4v) is 1.42. The Morgan fingerprint density at radius 3 is 2.69 bits per heavy atom. The van der Waals surface area contributed by atoms with Crippen molar-refractivity contribution < 1.29 is 4.52 Å². The third kappa shape index (κ3) is 1.94. The number of nitrogens with zero attached hydrogens (tertiary/aromatic N) is 3. The Kier molecular flexibility index (Phi) is 2.70. The van der Waals surface area contributed by atoms with E-state index in [0.29, 0.717) is 28.1 Å². The number of aromatic nitrogens is 2. The van der Waals surface area contributed by atoms with Gasteiger partial charge in [0.2, 0.25) is 0 Å². The van der Waals surface area contributed by atoms with Crippen molar-refractivity contribution in [3.05, 3.63) is 23.2 Å². The van der Waals surface area contributed by atoms with Crippen LogP contribution in [0.2, 0.25) is 5.02 Å². The largest absolute Gasteiger partial charge is 0.398 e. The highest BCUT2D eigenvalue weighted by atomic mass is 35.5. The number of nitrogens with two attached hydrogens (primary N) is 1. The average molecular weight is 239 g/mol. The molecule has 0 aliphatic carbocycles. The van der Waals surface area contributed by atoms with Crippen molar-refractivity contribution >= 4 is 23.2 Å². The van der Waals surface area contributed by atoms with E-state index >= 15 is 0 Å². The Balaban J connectivity index is 2.42. The van der Waals surface area contributed by atoms with Gasteiger partial charge in [0.1, 0.15) is 0 Å². The summed E-state index contributed by atoms with van der Waals surface area (Å²) in [6.45, 7) is 0. The second-order valence-electron chi connectivity index (χ2n) is 3.53. The van der Waals surface area contributed by atoms with Crippen LogP contribution in [-0.2, 0) is 0 Å². The smallest absolute Gasteiger partial charge is 0.265 e. The summed E-state index contributed by atoms with van der Waals surface area (Å²) in [5.74, 6) is 0.891. The van der Waals surface area contributed by atoms with Gasteiger partial charge in [-0.25, -0.2) is 0 Å². The van der Waals surface area contributed by atoms with Gasteiger partial charge in [0, 0.05) is 24.8 Å². The summed E-state index contributed by atoms with van der Waals surface area (Å²) in [4.78, 5) is 5.94. The summed E-state index contributed by atoms with van der Waals surface area (Å²) in [6.07, 6.45) is 0. The first-order valence-corrected chi connectivity index (χ1v) is 5.02. The molecule has 2 rings (SSSR count). The number of rotatable bonds is 2. The fraction of sp³-hybridized carbons (Fsp3) is 0.200. The zero-order valence-electron chi connectivity index (χ0n) is 8.94. The van der Waals surface area contributed by atoms with E-state index in [-0.39, 0.29) is 0 Å². The summed E-state index contributed by atoms with van der Waals surface area (Å²) in [5.41, 5.74) is 7.01. The van der Waals surface area contributed by atoms with E-state index in [2.05, 4.69) is 10.1 Å². The summed E-state index contributed by atoms with van der Waals surface area (Å²) < 4.78 is 5.11. The maximum Gasteiger partial charge on any atom is 0.265 e. The molecule has 0 aliphatic heterocycles. The summed E-state index contributed by atoms with van der Waals surface area (Å²) in [6, 6.07) is 5.13. The molecule has 5 nitrogen and oxygen atoms in total. The Bertz CT molecular complexity index is 509. The molecule has 0 radical (unpaired) electrons. The van der Waals surface area contributed by atoms with E-state index in [9.17, 15) is 0 Å². The van der Waals surface area contributed by atoms with Gasteiger partial charge in [-0.15, -0.1) is 0 Å². The standard InChI is InChI=1S/C10H11ClN4O/c1-15(2)10-13-9(16-14-10)7-4-3-6(11)5-8(7)12/h3-5H,12H2,1-2H3. The monoisotopic (exact) mass is 238 g/mol. The molecular formula is C10H11ClN4O. The van der Waals surface area contributed by atoms with Gasteiger partial charge in [0.25, 0.3) is 11.8 Å². The van der Waals surface area contributed by atoms with Crippen LogP contribution >= 0.6 is 11.6 Å². The molecule has 0 amide bonds. The molecule has 1 heterocycles. The SMILES string of the molecule is CN(C)c1noc(-c2ccc(Cl)cc2N)n1. The van der Waals surface area contributed by atoms with Crippen LogP contribution in [0.4, 0.5) is 11.6 Å². The average Bonchev–Trinajstić information content (AvgIpc) is 2.66. The molecule has 0 saturated heterocycles. The summed E-state index contributed by atoms with van der Waals surface area (Å²) in [7, 11) is 3.67. The van der Waals surface area contributed by atoms with Gasteiger partial charge in [0.05, 0.1) is 5.56 Å². The van der Waals surface area contributed by atoms with Gasteiger partial charge in [-0.05, 0) is 23.4 Å². The number of halogens is 1. The fourth-order valence-electron chi connectivity index (χ4n) is 1.24. The van der Waals surface area contributed by atoms with Gasteiger partial charge in [-0.3, -0.25) is 0 Å². The Hall–Kier alpha value is -1.75. The van der Waals surface area contributed by atoms with Gasteiger partial charge >= 0.3 is 0 Å². The van der Waals surface area contributed by atoms with Crippen molar-refractivity contribution in [1.29, 1.82) is 0 Å². The van der Waals surface area contributed by atoms with Gasteiger partial charge in [-0.2, -0.15) is 4.98 Å².